The number of hydrogen-bond donors (Lipinski definition) is 2. The van der Waals surface area contributed by atoms with Crippen molar-refractivity contribution < 1.29 is 4.79 Å². The summed E-state index contributed by atoms with van der Waals surface area (Å²) in [7, 11) is 0. The summed E-state index contributed by atoms with van der Waals surface area (Å²) in [4.78, 5) is 11.4. The molecule has 1 aromatic carbocycles. The second-order valence-corrected chi connectivity index (χ2v) is 4.46. The van der Waals surface area contributed by atoms with Crippen LogP contribution in [0.2, 0.25) is 0 Å². The van der Waals surface area contributed by atoms with Crippen LogP contribution in [-0.2, 0) is 11.2 Å². The van der Waals surface area contributed by atoms with Gasteiger partial charge in [0.1, 0.15) is 0 Å². The van der Waals surface area contributed by atoms with Crippen LogP contribution in [0.1, 0.15) is 31.7 Å². The summed E-state index contributed by atoms with van der Waals surface area (Å²) in [5, 5.41) is 2.91. The van der Waals surface area contributed by atoms with E-state index in [1.165, 1.54) is 5.56 Å². The third-order valence-electron chi connectivity index (χ3n) is 2.63. The molecule has 17 heavy (non-hydrogen) atoms. The van der Waals surface area contributed by atoms with Crippen molar-refractivity contribution in [2.75, 3.05) is 6.54 Å². The number of aryl methyl sites for hydroxylation is 1. The molecule has 0 saturated heterocycles. The van der Waals surface area contributed by atoms with E-state index < -0.39 is 0 Å². The summed E-state index contributed by atoms with van der Waals surface area (Å²) in [5.74, 6) is 0.107. The molecule has 1 atom stereocenters. The molecule has 1 rings (SSSR count). The normalized spacial score (nSPS) is 12.1. The van der Waals surface area contributed by atoms with Gasteiger partial charge in [0.25, 0.3) is 0 Å². The second-order valence-electron chi connectivity index (χ2n) is 4.46. The maximum absolute atomic E-state index is 11.4. The molecular weight excluding hydrogens is 212 g/mol. The second kappa shape index (κ2) is 7.85. The van der Waals surface area contributed by atoms with Gasteiger partial charge in [0.15, 0.2) is 0 Å². The maximum Gasteiger partial charge on any atom is 0.220 e. The molecule has 1 aromatic rings. The van der Waals surface area contributed by atoms with E-state index in [9.17, 15) is 4.79 Å². The molecule has 3 heteroatoms. The number of amides is 1. The molecule has 0 aliphatic heterocycles. The van der Waals surface area contributed by atoms with Crippen LogP contribution in [0.5, 0.6) is 0 Å². The molecule has 1 unspecified atom stereocenters. The molecule has 3 N–H and O–H groups in total. The lowest BCUT2D eigenvalue weighted by atomic mass is 10.1. The van der Waals surface area contributed by atoms with Crippen LogP contribution in [0.25, 0.3) is 0 Å². The van der Waals surface area contributed by atoms with Gasteiger partial charge in [-0.05, 0) is 31.7 Å². The Labute approximate surface area is 103 Å². The Morgan fingerprint density at radius 1 is 1.35 bits per heavy atom. The van der Waals surface area contributed by atoms with E-state index in [1.807, 2.05) is 25.1 Å². The van der Waals surface area contributed by atoms with E-state index in [4.69, 9.17) is 5.73 Å². The average molecular weight is 234 g/mol. The van der Waals surface area contributed by atoms with Crippen LogP contribution in [0.4, 0.5) is 0 Å². The van der Waals surface area contributed by atoms with E-state index >= 15 is 0 Å². The van der Waals surface area contributed by atoms with Crippen LogP contribution in [0.15, 0.2) is 30.3 Å². The highest BCUT2D eigenvalue weighted by Crippen LogP contribution is 2.01. The van der Waals surface area contributed by atoms with Crippen molar-refractivity contribution in [3.8, 4) is 0 Å². The summed E-state index contributed by atoms with van der Waals surface area (Å²) in [5.41, 5.74) is 6.91. The first kappa shape index (κ1) is 13.7. The van der Waals surface area contributed by atoms with Gasteiger partial charge < -0.3 is 11.1 Å². The highest BCUT2D eigenvalue weighted by atomic mass is 16.1. The van der Waals surface area contributed by atoms with Gasteiger partial charge in [0, 0.05) is 19.0 Å². The predicted octanol–water partition coefficient (Wildman–Crippen LogP) is 1.86. The summed E-state index contributed by atoms with van der Waals surface area (Å²) in [6, 6.07) is 10.4. The molecule has 0 saturated carbocycles. The zero-order valence-electron chi connectivity index (χ0n) is 10.5. The van der Waals surface area contributed by atoms with Crippen molar-refractivity contribution in [2.24, 2.45) is 5.73 Å². The SMILES string of the molecule is CC(N)CCC(=O)NCCCc1ccccc1. The number of nitrogens with one attached hydrogen (secondary N) is 1. The number of nitrogens with two attached hydrogens (primary N) is 1. The molecule has 1 amide bonds. The predicted molar refractivity (Wildman–Crippen MR) is 70.7 cm³/mol. The lowest BCUT2D eigenvalue weighted by Gasteiger charge is -2.06. The smallest absolute Gasteiger partial charge is 0.220 e. The molecule has 0 aliphatic carbocycles. The van der Waals surface area contributed by atoms with E-state index in [2.05, 4.69) is 17.4 Å². The van der Waals surface area contributed by atoms with Crippen LogP contribution in [0.3, 0.4) is 0 Å². The lowest BCUT2D eigenvalue weighted by Crippen LogP contribution is -2.26. The fourth-order valence-electron chi connectivity index (χ4n) is 1.61. The van der Waals surface area contributed by atoms with Gasteiger partial charge in [-0.1, -0.05) is 30.3 Å². The Morgan fingerprint density at radius 2 is 2.06 bits per heavy atom. The number of rotatable bonds is 7. The van der Waals surface area contributed by atoms with Crippen LogP contribution in [-0.4, -0.2) is 18.5 Å². The molecule has 0 aliphatic rings. The summed E-state index contributed by atoms with van der Waals surface area (Å²) >= 11 is 0. The number of benzene rings is 1. The van der Waals surface area contributed by atoms with Crippen LogP contribution < -0.4 is 11.1 Å². The molecule has 0 bridgehead atoms. The first-order valence-corrected chi connectivity index (χ1v) is 6.24. The summed E-state index contributed by atoms with van der Waals surface area (Å²) in [6.07, 6.45) is 3.27. The van der Waals surface area contributed by atoms with Gasteiger partial charge in [-0.2, -0.15) is 0 Å². The van der Waals surface area contributed by atoms with Crippen molar-refractivity contribution in [3.63, 3.8) is 0 Å². The number of hydrogen-bond acceptors (Lipinski definition) is 2. The van der Waals surface area contributed by atoms with Crippen LogP contribution >= 0.6 is 0 Å². The van der Waals surface area contributed by atoms with Gasteiger partial charge >= 0.3 is 0 Å². The van der Waals surface area contributed by atoms with E-state index in [1.54, 1.807) is 0 Å². The molecule has 94 valence electrons. The zero-order chi connectivity index (χ0) is 12.5. The van der Waals surface area contributed by atoms with Crippen LogP contribution in [0, 0.1) is 0 Å². The Morgan fingerprint density at radius 3 is 2.71 bits per heavy atom. The molecule has 0 fully saturated rings. The third-order valence-corrected chi connectivity index (χ3v) is 2.63. The Hall–Kier alpha value is -1.35. The largest absolute Gasteiger partial charge is 0.356 e. The highest BCUT2D eigenvalue weighted by molar-refractivity contribution is 5.75. The monoisotopic (exact) mass is 234 g/mol. The molecule has 0 radical (unpaired) electrons. The minimum Gasteiger partial charge on any atom is -0.356 e. The van der Waals surface area contributed by atoms with E-state index in [0.717, 1.165) is 25.8 Å². The maximum atomic E-state index is 11.4. The van der Waals surface area contributed by atoms with Gasteiger partial charge in [-0.3, -0.25) is 4.79 Å². The summed E-state index contributed by atoms with van der Waals surface area (Å²) in [6.45, 7) is 2.66. The quantitative estimate of drug-likeness (QED) is 0.708. The van der Waals surface area contributed by atoms with Gasteiger partial charge in [-0.25, -0.2) is 0 Å². The Balaban J connectivity index is 2.06. The molecular formula is C14H22N2O. The highest BCUT2D eigenvalue weighted by Gasteiger charge is 2.02. The van der Waals surface area contributed by atoms with E-state index in [-0.39, 0.29) is 11.9 Å². The average Bonchev–Trinajstić information content (AvgIpc) is 2.33. The molecule has 0 heterocycles. The first-order chi connectivity index (χ1) is 8.18. The van der Waals surface area contributed by atoms with Crippen molar-refractivity contribution in [1.29, 1.82) is 0 Å². The number of carbonyl (C=O) groups is 1. The molecule has 0 aromatic heterocycles. The van der Waals surface area contributed by atoms with Crippen molar-refractivity contribution >= 4 is 5.91 Å². The van der Waals surface area contributed by atoms with Crippen molar-refractivity contribution in [3.05, 3.63) is 35.9 Å². The van der Waals surface area contributed by atoms with E-state index in [0.29, 0.717) is 6.42 Å². The lowest BCUT2D eigenvalue weighted by molar-refractivity contribution is -0.121. The topological polar surface area (TPSA) is 55.1 Å². The van der Waals surface area contributed by atoms with Gasteiger partial charge in [-0.15, -0.1) is 0 Å². The standard InChI is InChI=1S/C14H22N2O/c1-12(15)9-10-14(17)16-11-5-8-13-6-3-2-4-7-13/h2-4,6-7,12H,5,8-11,15H2,1H3,(H,16,17). The van der Waals surface area contributed by atoms with Gasteiger partial charge in [0.05, 0.1) is 0 Å². The Bertz CT molecular complexity index is 322. The first-order valence-electron chi connectivity index (χ1n) is 6.24. The van der Waals surface area contributed by atoms with Gasteiger partial charge in [0.2, 0.25) is 5.91 Å². The summed E-state index contributed by atoms with van der Waals surface area (Å²) < 4.78 is 0. The zero-order valence-corrected chi connectivity index (χ0v) is 10.5. The Kier molecular flexibility index (Phi) is 6.33. The molecule has 3 nitrogen and oxygen atoms in total. The van der Waals surface area contributed by atoms with Crippen molar-refractivity contribution in [1.82, 2.24) is 5.32 Å². The fraction of sp³-hybridized carbons (Fsp3) is 0.500. The minimum absolute atomic E-state index is 0.102. The molecule has 0 spiro atoms. The number of carbonyl (C=O) groups excluding carboxylic acids is 1. The fourth-order valence-corrected chi connectivity index (χ4v) is 1.61. The minimum atomic E-state index is 0.102. The third kappa shape index (κ3) is 6.74. The van der Waals surface area contributed by atoms with Crippen molar-refractivity contribution in [2.45, 2.75) is 38.6 Å².